The number of carbonyl (C=O) groups excluding carboxylic acids is 3. The average molecular weight is 562 g/mol. The Morgan fingerprint density at radius 1 is 0.881 bits per heavy atom. The Kier molecular flexibility index (Phi) is 8.44. The molecular formula is C36H39N3O3. The third-order valence-electron chi connectivity index (χ3n) is 7.79. The molecule has 0 radical (unpaired) electrons. The van der Waals surface area contributed by atoms with Gasteiger partial charge in [-0.1, -0.05) is 78.9 Å². The molecule has 0 fully saturated rings. The third-order valence-corrected chi connectivity index (χ3v) is 7.79. The molecule has 4 aromatic carbocycles. The highest BCUT2D eigenvalue weighted by Gasteiger charge is 2.33. The number of aryl methyl sites for hydroxylation is 1. The van der Waals surface area contributed by atoms with Gasteiger partial charge in [0.15, 0.2) is 0 Å². The molecule has 1 aliphatic heterocycles. The fourth-order valence-corrected chi connectivity index (χ4v) is 5.71. The molecule has 0 aliphatic carbocycles. The van der Waals surface area contributed by atoms with Crippen molar-refractivity contribution in [1.29, 1.82) is 0 Å². The van der Waals surface area contributed by atoms with Gasteiger partial charge in [-0.3, -0.25) is 14.4 Å². The van der Waals surface area contributed by atoms with Crippen LogP contribution in [0.5, 0.6) is 0 Å². The first kappa shape index (κ1) is 29.1. The average Bonchev–Trinajstić information content (AvgIpc) is 3.23. The maximum Gasteiger partial charge on any atom is 0.258 e. The van der Waals surface area contributed by atoms with Gasteiger partial charge in [0, 0.05) is 42.4 Å². The number of nitrogens with one attached hydrogen (secondary N) is 1. The van der Waals surface area contributed by atoms with Crippen LogP contribution in [0.15, 0.2) is 91.0 Å². The van der Waals surface area contributed by atoms with Crippen LogP contribution in [0, 0.1) is 6.92 Å². The Labute approximate surface area is 248 Å². The van der Waals surface area contributed by atoms with Crippen LogP contribution in [-0.2, 0) is 22.6 Å². The molecule has 4 aromatic rings. The minimum absolute atomic E-state index is 0.0301. The van der Waals surface area contributed by atoms with Crippen molar-refractivity contribution in [2.24, 2.45) is 0 Å². The van der Waals surface area contributed by atoms with Gasteiger partial charge in [-0.05, 0) is 68.3 Å². The summed E-state index contributed by atoms with van der Waals surface area (Å²) in [7, 11) is 0. The predicted octanol–water partition coefficient (Wildman–Crippen LogP) is 6.44. The van der Waals surface area contributed by atoms with Gasteiger partial charge in [-0.15, -0.1) is 0 Å². The topological polar surface area (TPSA) is 69.7 Å². The lowest BCUT2D eigenvalue weighted by atomic mass is 9.99. The Morgan fingerprint density at radius 3 is 2.29 bits per heavy atom. The van der Waals surface area contributed by atoms with Crippen LogP contribution in [0.2, 0.25) is 0 Å². The van der Waals surface area contributed by atoms with Crippen LogP contribution in [-0.4, -0.2) is 40.7 Å². The highest BCUT2D eigenvalue weighted by atomic mass is 16.2. The number of anilines is 1. The lowest BCUT2D eigenvalue weighted by molar-refractivity contribution is -0.142. The highest BCUT2D eigenvalue weighted by molar-refractivity contribution is 6.25. The summed E-state index contributed by atoms with van der Waals surface area (Å²) in [6.45, 7) is 8.62. The Morgan fingerprint density at radius 2 is 1.57 bits per heavy atom. The molecule has 6 heteroatoms. The summed E-state index contributed by atoms with van der Waals surface area (Å²) in [6, 6.07) is 28.9. The van der Waals surface area contributed by atoms with Gasteiger partial charge in [0.2, 0.25) is 11.8 Å². The van der Waals surface area contributed by atoms with Crippen LogP contribution < -0.4 is 10.2 Å². The van der Waals surface area contributed by atoms with Gasteiger partial charge < -0.3 is 15.1 Å². The Balaban J connectivity index is 1.39. The standard InChI is InChI=1S/C36H39N3O3/c1-25-13-8-9-16-28(25)24-39(31(34(41)37-36(2,3)4)23-26-14-6-5-7-15-26)32(40)21-12-22-38-30-20-11-18-27-17-10-19-29(33(27)30)35(38)42/h5-11,13-20,31H,12,21-24H2,1-4H3,(H,37,41)/t31-/m1/s1. The monoisotopic (exact) mass is 561 g/mol. The van der Waals surface area contributed by atoms with Crippen LogP contribution in [0.1, 0.15) is 60.7 Å². The number of hydrogen-bond acceptors (Lipinski definition) is 3. The van der Waals surface area contributed by atoms with E-state index in [0.717, 1.165) is 33.2 Å². The lowest BCUT2D eigenvalue weighted by Gasteiger charge is -2.34. The molecule has 1 heterocycles. The van der Waals surface area contributed by atoms with Crippen molar-refractivity contribution >= 4 is 34.2 Å². The summed E-state index contributed by atoms with van der Waals surface area (Å²) in [5.74, 6) is -0.312. The molecule has 42 heavy (non-hydrogen) atoms. The zero-order valence-corrected chi connectivity index (χ0v) is 24.9. The molecule has 3 amide bonds. The molecule has 1 aliphatic rings. The molecule has 0 saturated heterocycles. The van der Waals surface area contributed by atoms with Crippen molar-refractivity contribution in [2.45, 2.75) is 65.1 Å². The number of hydrogen-bond donors (Lipinski definition) is 1. The Hall–Kier alpha value is -4.45. The van der Waals surface area contributed by atoms with Crippen molar-refractivity contribution in [3.63, 3.8) is 0 Å². The van der Waals surface area contributed by atoms with Crippen molar-refractivity contribution in [1.82, 2.24) is 10.2 Å². The second kappa shape index (κ2) is 12.2. The summed E-state index contributed by atoms with van der Waals surface area (Å²) in [6.07, 6.45) is 1.11. The van der Waals surface area contributed by atoms with E-state index in [9.17, 15) is 14.4 Å². The first-order valence-corrected chi connectivity index (χ1v) is 14.7. The molecule has 1 atom stereocenters. The minimum atomic E-state index is -0.690. The third kappa shape index (κ3) is 6.38. The van der Waals surface area contributed by atoms with E-state index in [4.69, 9.17) is 0 Å². The van der Waals surface area contributed by atoms with Crippen molar-refractivity contribution in [2.75, 3.05) is 11.4 Å². The van der Waals surface area contributed by atoms with Crippen molar-refractivity contribution in [3.05, 3.63) is 113 Å². The van der Waals surface area contributed by atoms with Gasteiger partial charge >= 0.3 is 0 Å². The molecule has 1 N–H and O–H groups in total. The van der Waals surface area contributed by atoms with Gasteiger partial charge in [0.05, 0.1) is 5.69 Å². The second-order valence-electron chi connectivity index (χ2n) is 12.1. The van der Waals surface area contributed by atoms with Crippen LogP contribution in [0.3, 0.4) is 0 Å². The number of rotatable bonds is 10. The fraction of sp³-hybridized carbons (Fsp3) is 0.306. The van der Waals surface area contributed by atoms with E-state index in [-0.39, 0.29) is 24.1 Å². The van der Waals surface area contributed by atoms with Crippen molar-refractivity contribution < 1.29 is 14.4 Å². The molecular weight excluding hydrogens is 522 g/mol. The van der Waals surface area contributed by atoms with E-state index in [2.05, 4.69) is 5.32 Å². The predicted molar refractivity (Wildman–Crippen MR) is 168 cm³/mol. The summed E-state index contributed by atoms with van der Waals surface area (Å²) in [4.78, 5) is 44.6. The molecule has 0 aromatic heterocycles. The smallest absolute Gasteiger partial charge is 0.258 e. The van der Waals surface area contributed by atoms with Crippen LogP contribution >= 0.6 is 0 Å². The number of carbonyl (C=O) groups is 3. The Bertz CT molecular complexity index is 1600. The van der Waals surface area contributed by atoms with Gasteiger partial charge in [-0.25, -0.2) is 0 Å². The van der Waals surface area contributed by atoms with Gasteiger partial charge in [0.1, 0.15) is 6.04 Å². The van der Waals surface area contributed by atoms with Crippen LogP contribution in [0.4, 0.5) is 5.69 Å². The van der Waals surface area contributed by atoms with Crippen molar-refractivity contribution in [3.8, 4) is 0 Å². The van der Waals surface area contributed by atoms with Gasteiger partial charge in [-0.2, -0.15) is 0 Å². The summed E-state index contributed by atoms with van der Waals surface area (Å²) < 4.78 is 0. The lowest BCUT2D eigenvalue weighted by Crippen LogP contribution is -2.54. The normalized spacial score (nSPS) is 13.3. The molecule has 0 saturated carbocycles. The van der Waals surface area contributed by atoms with E-state index >= 15 is 0 Å². The molecule has 216 valence electrons. The maximum atomic E-state index is 14.1. The van der Waals surface area contributed by atoms with E-state index in [1.807, 2.05) is 119 Å². The highest BCUT2D eigenvalue weighted by Crippen LogP contribution is 2.37. The number of benzene rings is 4. The molecule has 0 bridgehead atoms. The molecule has 5 rings (SSSR count). The SMILES string of the molecule is Cc1ccccc1CN(C(=O)CCCN1C(=O)c2cccc3cccc1c23)[C@H](Cc1ccccc1)C(=O)NC(C)(C)C. The summed E-state index contributed by atoms with van der Waals surface area (Å²) >= 11 is 0. The van der Waals surface area contributed by atoms with E-state index < -0.39 is 11.6 Å². The van der Waals surface area contributed by atoms with E-state index in [0.29, 0.717) is 31.5 Å². The largest absolute Gasteiger partial charge is 0.350 e. The zero-order valence-electron chi connectivity index (χ0n) is 24.9. The first-order chi connectivity index (χ1) is 20.1. The van der Waals surface area contributed by atoms with Gasteiger partial charge in [0.25, 0.3) is 5.91 Å². The number of nitrogens with zero attached hydrogens (tertiary/aromatic N) is 2. The zero-order chi connectivity index (χ0) is 29.9. The maximum absolute atomic E-state index is 14.1. The summed E-state index contributed by atoms with van der Waals surface area (Å²) in [5, 5.41) is 5.13. The molecule has 6 nitrogen and oxygen atoms in total. The fourth-order valence-electron chi connectivity index (χ4n) is 5.71. The molecule has 0 spiro atoms. The quantitative estimate of drug-likeness (QED) is 0.242. The second-order valence-corrected chi connectivity index (χ2v) is 12.1. The first-order valence-electron chi connectivity index (χ1n) is 14.7. The molecule has 0 unspecified atom stereocenters. The minimum Gasteiger partial charge on any atom is -0.350 e. The van der Waals surface area contributed by atoms with Crippen LogP contribution in [0.25, 0.3) is 10.8 Å². The number of amides is 3. The summed E-state index contributed by atoms with van der Waals surface area (Å²) in [5.41, 5.74) is 4.21. The van der Waals surface area contributed by atoms with E-state index in [1.54, 1.807) is 9.80 Å². The van der Waals surface area contributed by atoms with E-state index in [1.165, 1.54) is 0 Å².